The molecular formula is C15H27N3O5S. The zero-order valence-electron chi connectivity index (χ0n) is 14.3. The highest BCUT2D eigenvalue weighted by Gasteiger charge is 2.44. The molecular weight excluding hydrogens is 334 g/mol. The third-order valence-electron chi connectivity index (χ3n) is 4.31. The van der Waals surface area contributed by atoms with Crippen LogP contribution in [0, 0.1) is 0 Å². The van der Waals surface area contributed by atoms with Crippen molar-refractivity contribution in [2.45, 2.75) is 31.5 Å². The highest BCUT2D eigenvalue weighted by Crippen LogP contribution is 2.38. The van der Waals surface area contributed by atoms with Crippen LogP contribution in [0.25, 0.3) is 0 Å². The van der Waals surface area contributed by atoms with Gasteiger partial charge in [0.05, 0.1) is 13.2 Å². The van der Waals surface area contributed by atoms with Crippen LogP contribution in [-0.2, 0) is 9.47 Å². The minimum atomic E-state index is -1.24. The molecule has 2 rings (SSSR count). The Morgan fingerprint density at radius 2 is 2.12 bits per heavy atom. The van der Waals surface area contributed by atoms with Crippen LogP contribution in [0.15, 0.2) is 17.1 Å². The van der Waals surface area contributed by atoms with E-state index in [-0.39, 0.29) is 12.4 Å². The summed E-state index contributed by atoms with van der Waals surface area (Å²) in [4.78, 5) is 15.5. The van der Waals surface area contributed by atoms with Crippen LogP contribution in [0.3, 0.4) is 0 Å². The molecule has 0 saturated carbocycles. The molecule has 8 nitrogen and oxygen atoms in total. The molecule has 138 valence electrons. The van der Waals surface area contributed by atoms with Crippen LogP contribution in [0.2, 0.25) is 0 Å². The molecule has 0 bridgehead atoms. The Hall–Kier alpha value is -1.13. The number of aromatic nitrogens is 2. The van der Waals surface area contributed by atoms with Gasteiger partial charge in [0.15, 0.2) is 6.23 Å². The predicted molar refractivity (Wildman–Crippen MR) is 94.5 cm³/mol. The van der Waals surface area contributed by atoms with Crippen LogP contribution >= 0.6 is 10.0 Å². The van der Waals surface area contributed by atoms with Crippen LogP contribution in [0.1, 0.15) is 13.2 Å². The number of nitrogens with zero attached hydrogens (tertiary/aromatic N) is 2. The normalized spacial score (nSPS) is 28.2. The monoisotopic (exact) mass is 361 g/mol. The second-order valence-corrected chi connectivity index (χ2v) is 10.9. The molecule has 0 radical (unpaired) electrons. The molecule has 2 heterocycles. The van der Waals surface area contributed by atoms with Gasteiger partial charge in [0.25, 0.3) is 0 Å². The Morgan fingerprint density at radius 1 is 1.42 bits per heavy atom. The molecule has 1 fully saturated rings. The first-order valence-electron chi connectivity index (χ1n) is 7.88. The lowest BCUT2D eigenvalue weighted by molar-refractivity contribution is -0.0665. The van der Waals surface area contributed by atoms with Crippen molar-refractivity contribution in [3.8, 4) is 0 Å². The van der Waals surface area contributed by atoms with E-state index in [2.05, 4.69) is 24.4 Å². The van der Waals surface area contributed by atoms with Crippen molar-refractivity contribution in [1.82, 2.24) is 9.55 Å². The van der Waals surface area contributed by atoms with Gasteiger partial charge in [0.2, 0.25) is 0 Å². The van der Waals surface area contributed by atoms with E-state index in [0.717, 1.165) is 16.1 Å². The first-order valence-corrected chi connectivity index (χ1v) is 10.7. The number of nitrogen functional groups attached to an aromatic ring is 1. The number of hydrogen-bond donors (Lipinski definition) is 3. The topological polar surface area (TPSA) is 120 Å². The van der Waals surface area contributed by atoms with Crippen molar-refractivity contribution < 1.29 is 19.7 Å². The van der Waals surface area contributed by atoms with Crippen molar-refractivity contribution >= 4 is 15.8 Å². The number of nitrogens with two attached hydrogens (primary N) is 1. The Balaban J connectivity index is 1.94. The van der Waals surface area contributed by atoms with E-state index < -0.39 is 40.3 Å². The zero-order chi connectivity index (χ0) is 17.9. The Morgan fingerprint density at radius 3 is 2.75 bits per heavy atom. The molecule has 0 spiro atoms. The van der Waals surface area contributed by atoms with Gasteiger partial charge in [-0.3, -0.25) is 4.57 Å². The highest BCUT2D eigenvalue weighted by atomic mass is 32.3. The summed E-state index contributed by atoms with van der Waals surface area (Å²) in [7, 11) is -0.646. The largest absolute Gasteiger partial charge is 0.387 e. The average Bonchev–Trinajstić information content (AvgIpc) is 2.80. The van der Waals surface area contributed by atoms with E-state index in [0.29, 0.717) is 6.61 Å². The molecule has 0 amide bonds. The van der Waals surface area contributed by atoms with Gasteiger partial charge >= 0.3 is 5.69 Å². The smallest absolute Gasteiger partial charge is 0.351 e. The summed E-state index contributed by atoms with van der Waals surface area (Å²) >= 11 is 0. The van der Waals surface area contributed by atoms with E-state index in [1.54, 1.807) is 0 Å². The first kappa shape index (κ1) is 19.2. The standard InChI is InChI=1S/C15H27N3O5S/c1-4-24(2,3)8-7-22-9-10-12(19)13(20)14(23-10)18-6-5-11(16)17-15(18)21/h5-6,10,12-14,19-20H,4,7-9H2,1-3H3,(H2,16,17,21). The fourth-order valence-corrected chi connectivity index (χ4v) is 3.20. The van der Waals surface area contributed by atoms with Crippen LogP contribution in [0.5, 0.6) is 0 Å². The molecule has 4 N–H and O–H groups in total. The van der Waals surface area contributed by atoms with Gasteiger partial charge in [0.1, 0.15) is 24.1 Å². The zero-order valence-corrected chi connectivity index (χ0v) is 15.1. The Kier molecular flexibility index (Phi) is 6.27. The lowest BCUT2D eigenvalue weighted by atomic mass is 10.1. The highest BCUT2D eigenvalue weighted by molar-refractivity contribution is 8.32. The maximum Gasteiger partial charge on any atom is 0.351 e. The van der Waals surface area contributed by atoms with Gasteiger partial charge in [-0.15, -0.1) is 0 Å². The van der Waals surface area contributed by atoms with Gasteiger partial charge in [0, 0.05) is 11.9 Å². The van der Waals surface area contributed by atoms with Crippen LogP contribution < -0.4 is 11.4 Å². The Labute approximate surface area is 142 Å². The fourth-order valence-electron chi connectivity index (χ4n) is 2.34. The Bertz CT molecular complexity index is 609. The molecule has 1 aliphatic rings. The van der Waals surface area contributed by atoms with Gasteiger partial charge in [-0.1, -0.05) is 6.92 Å². The minimum Gasteiger partial charge on any atom is -0.387 e. The minimum absolute atomic E-state index is 0.0882. The number of aliphatic hydroxyl groups is 2. The summed E-state index contributed by atoms with van der Waals surface area (Å²) in [6.45, 7) is 2.90. The first-order chi connectivity index (χ1) is 11.2. The third kappa shape index (κ3) is 4.48. The maximum atomic E-state index is 11.9. The SMILES string of the molecule is CCS(C)(C)CCOCC1OC(n2ccc(N)nc2=O)C(O)C1O. The van der Waals surface area contributed by atoms with E-state index in [9.17, 15) is 15.0 Å². The van der Waals surface area contributed by atoms with E-state index >= 15 is 0 Å². The molecule has 4 atom stereocenters. The lowest BCUT2D eigenvalue weighted by Gasteiger charge is -2.29. The summed E-state index contributed by atoms with van der Waals surface area (Å²) in [6.07, 6.45) is 1.81. The third-order valence-corrected chi connectivity index (χ3v) is 7.14. The van der Waals surface area contributed by atoms with Crippen molar-refractivity contribution in [2.75, 3.05) is 43.0 Å². The summed E-state index contributed by atoms with van der Waals surface area (Å²) in [5, 5.41) is 20.3. The summed E-state index contributed by atoms with van der Waals surface area (Å²) < 4.78 is 12.3. The molecule has 1 aromatic rings. The summed E-state index contributed by atoms with van der Waals surface area (Å²) in [5.41, 5.74) is 4.81. The van der Waals surface area contributed by atoms with Crippen molar-refractivity contribution in [3.05, 3.63) is 22.7 Å². The quantitative estimate of drug-likeness (QED) is 0.562. The van der Waals surface area contributed by atoms with Crippen LogP contribution in [0.4, 0.5) is 5.82 Å². The number of anilines is 1. The fraction of sp³-hybridized carbons (Fsp3) is 0.733. The van der Waals surface area contributed by atoms with E-state index in [4.69, 9.17) is 15.2 Å². The van der Waals surface area contributed by atoms with Crippen molar-refractivity contribution in [3.63, 3.8) is 0 Å². The van der Waals surface area contributed by atoms with Crippen molar-refractivity contribution in [2.24, 2.45) is 0 Å². The average molecular weight is 361 g/mol. The lowest BCUT2D eigenvalue weighted by Crippen LogP contribution is -2.36. The maximum absolute atomic E-state index is 11.9. The molecule has 1 aromatic heterocycles. The molecule has 1 aliphatic heterocycles. The number of aliphatic hydroxyl groups excluding tert-OH is 2. The van der Waals surface area contributed by atoms with Gasteiger partial charge in [-0.05, 0) is 24.3 Å². The molecule has 1 saturated heterocycles. The van der Waals surface area contributed by atoms with Crippen LogP contribution in [-0.4, -0.2) is 75.3 Å². The number of ether oxygens (including phenoxy) is 2. The molecule has 24 heavy (non-hydrogen) atoms. The molecule has 4 unspecified atom stereocenters. The molecule has 0 aromatic carbocycles. The number of rotatable bonds is 7. The van der Waals surface area contributed by atoms with Gasteiger partial charge < -0.3 is 25.4 Å². The second kappa shape index (κ2) is 7.83. The van der Waals surface area contributed by atoms with E-state index in [1.165, 1.54) is 12.3 Å². The van der Waals surface area contributed by atoms with Crippen molar-refractivity contribution in [1.29, 1.82) is 0 Å². The number of hydrogen-bond acceptors (Lipinski definition) is 7. The predicted octanol–water partition coefficient (Wildman–Crippen LogP) is -0.455. The van der Waals surface area contributed by atoms with Gasteiger partial charge in [-0.25, -0.2) is 14.8 Å². The van der Waals surface area contributed by atoms with E-state index in [1.807, 2.05) is 0 Å². The molecule has 9 heteroatoms. The molecule has 0 aliphatic carbocycles. The summed E-state index contributed by atoms with van der Waals surface area (Å²) in [6, 6.07) is 1.43. The van der Waals surface area contributed by atoms with Gasteiger partial charge in [-0.2, -0.15) is 4.98 Å². The second-order valence-electron chi connectivity index (χ2n) is 6.42. The summed E-state index contributed by atoms with van der Waals surface area (Å²) in [5.74, 6) is 2.19.